The van der Waals surface area contributed by atoms with E-state index in [1.54, 1.807) is 0 Å². The molecular weight excluding hydrogens is 278 g/mol. The van der Waals surface area contributed by atoms with Crippen LogP contribution in [0.1, 0.15) is 48.5 Å². The molecule has 1 saturated heterocycles. The van der Waals surface area contributed by atoms with Crippen LogP contribution in [0, 0.1) is 6.92 Å². The Kier molecular flexibility index (Phi) is 3.96. The molecule has 1 aliphatic heterocycles. The van der Waals surface area contributed by atoms with Crippen LogP contribution in [0.2, 0.25) is 0 Å². The fourth-order valence-corrected chi connectivity index (χ4v) is 2.59. The molecule has 0 unspecified atom stereocenters. The average molecular weight is 299 g/mol. The highest BCUT2D eigenvalue weighted by molar-refractivity contribution is 5.79. The molecule has 22 heavy (non-hydrogen) atoms. The van der Waals surface area contributed by atoms with Crippen molar-refractivity contribution >= 4 is 5.91 Å². The van der Waals surface area contributed by atoms with Crippen molar-refractivity contribution in [1.82, 2.24) is 15.0 Å². The number of nitrogens with zero attached hydrogens (tertiary/aromatic N) is 3. The van der Waals surface area contributed by atoms with Gasteiger partial charge in [0, 0.05) is 19.0 Å². The predicted molar refractivity (Wildman–Crippen MR) is 82.6 cm³/mol. The van der Waals surface area contributed by atoms with Crippen LogP contribution >= 0.6 is 0 Å². The SMILES string of the molecule is Cc1cccc(CC(=O)N2CC(c3nc(C(C)C)no3)C2)c1. The van der Waals surface area contributed by atoms with Gasteiger partial charge < -0.3 is 9.42 Å². The van der Waals surface area contributed by atoms with Crippen LogP contribution in [0.25, 0.3) is 0 Å². The summed E-state index contributed by atoms with van der Waals surface area (Å²) >= 11 is 0. The number of likely N-dealkylation sites (tertiary alicyclic amines) is 1. The molecule has 3 rings (SSSR count). The van der Waals surface area contributed by atoms with Crippen LogP contribution in [0.15, 0.2) is 28.8 Å². The zero-order valence-corrected chi connectivity index (χ0v) is 13.2. The number of carbonyl (C=O) groups is 1. The van der Waals surface area contributed by atoms with Crippen LogP contribution in [-0.2, 0) is 11.2 Å². The second-order valence-electron chi connectivity index (χ2n) is 6.31. The van der Waals surface area contributed by atoms with Gasteiger partial charge in [-0.2, -0.15) is 4.98 Å². The molecule has 2 aromatic rings. The van der Waals surface area contributed by atoms with Crippen LogP contribution in [-0.4, -0.2) is 34.0 Å². The van der Waals surface area contributed by atoms with Gasteiger partial charge in [-0.05, 0) is 12.5 Å². The molecule has 5 nitrogen and oxygen atoms in total. The third kappa shape index (κ3) is 3.03. The Bertz CT molecular complexity index is 672. The maximum Gasteiger partial charge on any atom is 0.233 e. The molecule has 116 valence electrons. The Balaban J connectivity index is 1.55. The second kappa shape index (κ2) is 5.91. The molecule has 1 fully saturated rings. The van der Waals surface area contributed by atoms with E-state index in [9.17, 15) is 4.79 Å². The molecule has 0 saturated carbocycles. The van der Waals surface area contributed by atoms with Crippen molar-refractivity contribution in [3.8, 4) is 0 Å². The van der Waals surface area contributed by atoms with E-state index in [1.165, 1.54) is 5.56 Å². The van der Waals surface area contributed by atoms with Crippen molar-refractivity contribution in [3.63, 3.8) is 0 Å². The van der Waals surface area contributed by atoms with E-state index in [0.29, 0.717) is 25.4 Å². The summed E-state index contributed by atoms with van der Waals surface area (Å²) in [5, 5.41) is 3.98. The van der Waals surface area contributed by atoms with Crippen molar-refractivity contribution < 1.29 is 9.32 Å². The first kappa shape index (κ1) is 14.8. The summed E-state index contributed by atoms with van der Waals surface area (Å²) in [6.07, 6.45) is 0.454. The third-order valence-electron chi connectivity index (χ3n) is 4.00. The highest BCUT2D eigenvalue weighted by Crippen LogP contribution is 2.27. The molecular formula is C17H21N3O2. The van der Waals surface area contributed by atoms with Gasteiger partial charge in [0.1, 0.15) is 0 Å². The zero-order chi connectivity index (χ0) is 15.7. The molecule has 1 aliphatic rings. The topological polar surface area (TPSA) is 59.2 Å². The van der Waals surface area contributed by atoms with E-state index in [1.807, 2.05) is 43.9 Å². The van der Waals surface area contributed by atoms with Crippen LogP contribution < -0.4 is 0 Å². The van der Waals surface area contributed by atoms with Gasteiger partial charge in [0.15, 0.2) is 5.82 Å². The number of aryl methyl sites for hydroxylation is 1. The predicted octanol–water partition coefficient (Wildman–Crippen LogP) is 2.67. The molecule has 0 N–H and O–H groups in total. The Hall–Kier alpha value is -2.17. The van der Waals surface area contributed by atoms with E-state index in [2.05, 4.69) is 16.2 Å². The fraction of sp³-hybridized carbons (Fsp3) is 0.471. The van der Waals surface area contributed by atoms with Crippen molar-refractivity contribution in [2.45, 2.75) is 39.0 Å². The first-order valence-electron chi connectivity index (χ1n) is 7.69. The molecule has 0 atom stereocenters. The summed E-state index contributed by atoms with van der Waals surface area (Å²) < 4.78 is 5.29. The first-order chi connectivity index (χ1) is 10.5. The quantitative estimate of drug-likeness (QED) is 0.871. The normalized spacial score (nSPS) is 15.2. The van der Waals surface area contributed by atoms with Crippen LogP contribution in [0.5, 0.6) is 0 Å². The van der Waals surface area contributed by atoms with Crippen LogP contribution in [0.3, 0.4) is 0 Å². The fourth-order valence-electron chi connectivity index (χ4n) is 2.59. The van der Waals surface area contributed by atoms with Gasteiger partial charge in [-0.15, -0.1) is 0 Å². The standard InChI is InChI=1S/C17H21N3O2/c1-11(2)16-18-17(22-19-16)14-9-20(10-14)15(21)8-13-6-4-5-12(3)7-13/h4-7,11,14H,8-10H2,1-3H3. The van der Waals surface area contributed by atoms with E-state index in [0.717, 1.165) is 11.4 Å². The smallest absolute Gasteiger partial charge is 0.233 e. The van der Waals surface area contributed by atoms with Crippen molar-refractivity contribution in [2.75, 3.05) is 13.1 Å². The Labute approximate surface area is 130 Å². The van der Waals surface area contributed by atoms with Crippen molar-refractivity contribution in [2.24, 2.45) is 0 Å². The highest BCUT2D eigenvalue weighted by atomic mass is 16.5. The summed E-state index contributed by atoms with van der Waals surface area (Å²) in [5.74, 6) is 1.99. The molecule has 2 heterocycles. The van der Waals surface area contributed by atoms with E-state index in [-0.39, 0.29) is 17.7 Å². The van der Waals surface area contributed by atoms with Gasteiger partial charge in [-0.3, -0.25) is 4.79 Å². The third-order valence-corrected chi connectivity index (χ3v) is 4.00. The Morgan fingerprint density at radius 2 is 2.18 bits per heavy atom. The summed E-state index contributed by atoms with van der Waals surface area (Å²) in [7, 11) is 0. The Morgan fingerprint density at radius 3 is 2.82 bits per heavy atom. The molecule has 1 aromatic heterocycles. The van der Waals surface area contributed by atoms with Gasteiger partial charge in [0.2, 0.25) is 11.8 Å². The van der Waals surface area contributed by atoms with Crippen molar-refractivity contribution in [1.29, 1.82) is 0 Å². The average Bonchev–Trinajstić information content (AvgIpc) is 2.86. The number of amides is 1. The lowest BCUT2D eigenvalue weighted by Gasteiger charge is -2.37. The zero-order valence-electron chi connectivity index (χ0n) is 13.2. The molecule has 5 heteroatoms. The first-order valence-corrected chi connectivity index (χ1v) is 7.69. The lowest BCUT2D eigenvalue weighted by Crippen LogP contribution is -2.49. The number of rotatable bonds is 4. The maximum absolute atomic E-state index is 12.3. The molecule has 1 aromatic carbocycles. The minimum atomic E-state index is 0.158. The largest absolute Gasteiger partial charge is 0.341 e. The number of hydrogen-bond acceptors (Lipinski definition) is 4. The molecule has 1 amide bonds. The van der Waals surface area contributed by atoms with Gasteiger partial charge in [0.25, 0.3) is 0 Å². The van der Waals surface area contributed by atoms with E-state index < -0.39 is 0 Å². The molecule has 0 aliphatic carbocycles. The summed E-state index contributed by atoms with van der Waals surface area (Å²) in [4.78, 5) is 18.5. The molecule has 0 spiro atoms. The summed E-state index contributed by atoms with van der Waals surface area (Å²) in [6.45, 7) is 7.45. The number of aromatic nitrogens is 2. The van der Waals surface area contributed by atoms with E-state index >= 15 is 0 Å². The highest BCUT2D eigenvalue weighted by Gasteiger charge is 2.35. The molecule has 0 bridgehead atoms. The van der Waals surface area contributed by atoms with Gasteiger partial charge in [0.05, 0.1) is 12.3 Å². The number of carbonyl (C=O) groups excluding carboxylic acids is 1. The van der Waals surface area contributed by atoms with Crippen LogP contribution in [0.4, 0.5) is 0 Å². The Morgan fingerprint density at radius 1 is 1.41 bits per heavy atom. The summed E-state index contributed by atoms with van der Waals surface area (Å²) in [5.41, 5.74) is 2.24. The van der Waals surface area contributed by atoms with Gasteiger partial charge in [-0.1, -0.05) is 48.8 Å². The number of benzene rings is 1. The van der Waals surface area contributed by atoms with Gasteiger partial charge in [-0.25, -0.2) is 0 Å². The van der Waals surface area contributed by atoms with E-state index in [4.69, 9.17) is 4.52 Å². The molecule has 0 radical (unpaired) electrons. The van der Waals surface area contributed by atoms with Gasteiger partial charge >= 0.3 is 0 Å². The minimum absolute atomic E-state index is 0.158. The monoisotopic (exact) mass is 299 g/mol. The van der Waals surface area contributed by atoms with Crippen molar-refractivity contribution in [3.05, 3.63) is 47.1 Å². The second-order valence-corrected chi connectivity index (χ2v) is 6.31. The lowest BCUT2D eigenvalue weighted by molar-refractivity contribution is -0.135. The maximum atomic E-state index is 12.3. The minimum Gasteiger partial charge on any atom is -0.341 e. The lowest BCUT2D eigenvalue weighted by atomic mass is 9.98. The summed E-state index contributed by atoms with van der Waals surface area (Å²) in [6, 6.07) is 8.08. The number of hydrogen-bond donors (Lipinski definition) is 0.